The second kappa shape index (κ2) is 7.77. The third kappa shape index (κ3) is 2.97. The van der Waals surface area contributed by atoms with Crippen molar-refractivity contribution in [1.29, 1.82) is 0 Å². The lowest BCUT2D eigenvalue weighted by molar-refractivity contribution is -0.128. The van der Waals surface area contributed by atoms with Crippen molar-refractivity contribution in [3.05, 3.63) is 63.4 Å². The molecule has 2 heterocycles. The van der Waals surface area contributed by atoms with Gasteiger partial charge in [-0.3, -0.25) is 9.69 Å². The van der Waals surface area contributed by atoms with E-state index in [2.05, 4.69) is 5.32 Å². The Morgan fingerprint density at radius 1 is 1.30 bits per heavy atom. The highest BCUT2D eigenvalue weighted by Gasteiger charge is 2.66. The number of nitrogens with two attached hydrogens (primary N) is 1. The summed E-state index contributed by atoms with van der Waals surface area (Å²) in [5.41, 5.74) is 6.85. The molecule has 1 fully saturated rings. The van der Waals surface area contributed by atoms with Crippen LogP contribution in [0.25, 0.3) is 0 Å². The molecular formula is C22H24Cl2FN3O2. The Labute approximate surface area is 185 Å². The zero-order valence-corrected chi connectivity index (χ0v) is 18.2. The Bertz CT molecular complexity index is 1000. The van der Waals surface area contributed by atoms with Gasteiger partial charge in [-0.2, -0.15) is 0 Å². The van der Waals surface area contributed by atoms with Gasteiger partial charge in [0.2, 0.25) is 5.91 Å². The molecule has 4 N–H and O–H groups in total. The fourth-order valence-electron chi connectivity index (χ4n) is 5.12. The molecule has 0 bridgehead atoms. The average Bonchev–Trinajstić information content (AvgIpc) is 3.09. The van der Waals surface area contributed by atoms with Crippen LogP contribution in [0.2, 0.25) is 10.0 Å². The summed E-state index contributed by atoms with van der Waals surface area (Å²) in [6.45, 7) is 4.28. The summed E-state index contributed by atoms with van der Waals surface area (Å²) < 4.78 is 15.2. The smallest absolute Gasteiger partial charge is 0.250 e. The Morgan fingerprint density at radius 2 is 2.03 bits per heavy atom. The minimum absolute atomic E-state index is 0.0348. The van der Waals surface area contributed by atoms with Crippen LogP contribution in [0.1, 0.15) is 30.9 Å². The maximum Gasteiger partial charge on any atom is 0.250 e. The summed E-state index contributed by atoms with van der Waals surface area (Å²) >= 11 is 12.3. The third-order valence-electron chi connectivity index (χ3n) is 6.18. The molecule has 8 heteroatoms. The summed E-state index contributed by atoms with van der Waals surface area (Å²) in [4.78, 5) is 15.6. The highest BCUT2D eigenvalue weighted by atomic mass is 35.5. The van der Waals surface area contributed by atoms with E-state index < -0.39 is 29.4 Å². The first-order valence-corrected chi connectivity index (χ1v) is 10.7. The van der Waals surface area contributed by atoms with Crippen molar-refractivity contribution in [2.75, 3.05) is 18.5 Å². The molecule has 0 unspecified atom stereocenters. The molecule has 4 rings (SSSR count). The highest BCUT2D eigenvalue weighted by Crippen LogP contribution is 2.57. The first-order chi connectivity index (χ1) is 14.2. The van der Waals surface area contributed by atoms with Crippen LogP contribution in [0, 0.1) is 11.7 Å². The lowest BCUT2D eigenvalue weighted by Crippen LogP contribution is -2.53. The predicted molar refractivity (Wildman–Crippen MR) is 116 cm³/mol. The van der Waals surface area contributed by atoms with Crippen molar-refractivity contribution in [2.45, 2.75) is 37.4 Å². The van der Waals surface area contributed by atoms with Gasteiger partial charge in [-0.15, -0.1) is 0 Å². The number of nitrogens with zero attached hydrogens (tertiary/aromatic N) is 1. The third-order valence-corrected chi connectivity index (χ3v) is 6.71. The SMILES string of the molecule is CC(C)CN1[C@@H](CO)[C@@H](N)[C@H](c2cccc(Cl)c2F)[C@]12C(=O)Nc1cc(Cl)ccc12. The highest BCUT2D eigenvalue weighted by molar-refractivity contribution is 6.31. The van der Waals surface area contributed by atoms with E-state index in [0.29, 0.717) is 22.8 Å². The van der Waals surface area contributed by atoms with Gasteiger partial charge in [0.25, 0.3) is 0 Å². The monoisotopic (exact) mass is 451 g/mol. The van der Waals surface area contributed by atoms with Crippen molar-refractivity contribution in [3.63, 3.8) is 0 Å². The fourth-order valence-corrected chi connectivity index (χ4v) is 5.47. The second-order valence-corrected chi connectivity index (χ2v) is 9.25. The van der Waals surface area contributed by atoms with Gasteiger partial charge in [0.1, 0.15) is 11.4 Å². The molecule has 2 aromatic rings. The molecule has 2 aliphatic heterocycles. The number of hydrogen-bond donors (Lipinski definition) is 3. The standard InChI is InChI=1S/C22H24Cl2FN3O2/c1-11(2)9-28-17(10-29)20(26)18(13-4-3-5-15(24)19(13)25)22(28)14-7-6-12(23)8-16(14)27-21(22)30/h3-8,11,17-18,20,29H,9-10,26H2,1-2H3,(H,27,30)/t17-,18-,20+,22+/m0/s1. The summed E-state index contributed by atoms with van der Waals surface area (Å²) in [6, 6.07) is 8.66. The summed E-state index contributed by atoms with van der Waals surface area (Å²) in [7, 11) is 0. The van der Waals surface area contributed by atoms with Gasteiger partial charge in [0.05, 0.1) is 11.6 Å². The number of fused-ring (bicyclic) bond motifs is 2. The van der Waals surface area contributed by atoms with E-state index in [1.807, 2.05) is 18.7 Å². The second-order valence-electron chi connectivity index (χ2n) is 8.40. The predicted octanol–water partition coefficient (Wildman–Crippen LogP) is 3.72. The van der Waals surface area contributed by atoms with Gasteiger partial charge >= 0.3 is 0 Å². The van der Waals surface area contributed by atoms with Crippen LogP contribution in [0.3, 0.4) is 0 Å². The average molecular weight is 452 g/mol. The maximum atomic E-state index is 15.2. The molecule has 2 aromatic carbocycles. The minimum Gasteiger partial charge on any atom is -0.395 e. The quantitative estimate of drug-likeness (QED) is 0.661. The Hall–Kier alpha value is -1.70. The van der Waals surface area contributed by atoms with Crippen LogP contribution < -0.4 is 11.1 Å². The molecule has 30 heavy (non-hydrogen) atoms. The fraction of sp³-hybridized carbons (Fsp3) is 0.409. The normalized spacial score (nSPS) is 28.4. The zero-order valence-electron chi connectivity index (χ0n) is 16.7. The number of aliphatic hydroxyl groups is 1. The van der Waals surface area contributed by atoms with E-state index >= 15 is 4.39 Å². The van der Waals surface area contributed by atoms with Crippen molar-refractivity contribution in [3.8, 4) is 0 Å². The Kier molecular flexibility index (Phi) is 5.58. The van der Waals surface area contributed by atoms with Crippen molar-refractivity contribution < 1.29 is 14.3 Å². The summed E-state index contributed by atoms with van der Waals surface area (Å²) in [5, 5.41) is 13.6. The molecular weight excluding hydrogens is 428 g/mol. The Morgan fingerprint density at radius 3 is 2.70 bits per heavy atom. The van der Waals surface area contributed by atoms with Crippen molar-refractivity contribution in [2.24, 2.45) is 11.7 Å². The van der Waals surface area contributed by atoms with Gasteiger partial charge in [-0.05, 0) is 29.7 Å². The van der Waals surface area contributed by atoms with Gasteiger partial charge in [-0.1, -0.05) is 55.2 Å². The van der Waals surface area contributed by atoms with Crippen LogP contribution >= 0.6 is 23.2 Å². The van der Waals surface area contributed by atoms with Gasteiger partial charge in [0, 0.05) is 40.8 Å². The first kappa shape index (κ1) is 21.5. The molecule has 4 atom stereocenters. The van der Waals surface area contributed by atoms with E-state index in [0.717, 1.165) is 0 Å². The number of nitrogens with one attached hydrogen (secondary N) is 1. The number of carbonyl (C=O) groups excluding carboxylic acids is 1. The maximum absolute atomic E-state index is 15.2. The minimum atomic E-state index is -1.29. The molecule has 160 valence electrons. The Balaban J connectivity index is 2.04. The number of aliphatic hydroxyl groups excluding tert-OH is 1. The van der Waals surface area contributed by atoms with Crippen LogP contribution in [0.5, 0.6) is 0 Å². The largest absolute Gasteiger partial charge is 0.395 e. The summed E-state index contributed by atoms with van der Waals surface area (Å²) in [6.07, 6.45) is 0. The molecule has 1 amide bonds. The molecule has 0 aliphatic carbocycles. The number of anilines is 1. The molecule has 5 nitrogen and oxygen atoms in total. The van der Waals surface area contributed by atoms with E-state index in [9.17, 15) is 9.90 Å². The number of likely N-dealkylation sites (tertiary alicyclic amines) is 1. The lowest BCUT2D eigenvalue weighted by atomic mass is 9.73. The van der Waals surface area contributed by atoms with E-state index in [4.69, 9.17) is 28.9 Å². The molecule has 0 aromatic heterocycles. The van der Waals surface area contributed by atoms with Gasteiger partial charge < -0.3 is 16.2 Å². The van der Waals surface area contributed by atoms with E-state index in [1.54, 1.807) is 30.3 Å². The van der Waals surface area contributed by atoms with Crippen molar-refractivity contribution in [1.82, 2.24) is 4.90 Å². The number of benzene rings is 2. The number of rotatable bonds is 4. The zero-order chi connectivity index (χ0) is 21.8. The molecule has 0 radical (unpaired) electrons. The molecule has 0 saturated carbocycles. The summed E-state index contributed by atoms with van der Waals surface area (Å²) in [5.74, 6) is -1.49. The molecule has 1 spiro atoms. The molecule has 2 aliphatic rings. The number of amides is 1. The van der Waals surface area contributed by atoms with E-state index in [1.165, 1.54) is 6.07 Å². The number of carbonyl (C=O) groups is 1. The van der Waals surface area contributed by atoms with Gasteiger partial charge in [-0.25, -0.2) is 4.39 Å². The van der Waals surface area contributed by atoms with Crippen LogP contribution in [0.15, 0.2) is 36.4 Å². The van der Waals surface area contributed by atoms with E-state index in [-0.39, 0.29) is 29.0 Å². The number of halogens is 3. The first-order valence-electron chi connectivity index (χ1n) is 9.92. The van der Waals surface area contributed by atoms with Crippen LogP contribution in [-0.4, -0.2) is 41.1 Å². The van der Waals surface area contributed by atoms with Gasteiger partial charge in [0.15, 0.2) is 0 Å². The van der Waals surface area contributed by atoms with Crippen LogP contribution in [-0.2, 0) is 10.3 Å². The number of hydrogen-bond acceptors (Lipinski definition) is 4. The molecule has 1 saturated heterocycles. The topological polar surface area (TPSA) is 78.6 Å². The van der Waals surface area contributed by atoms with Crippen molar-refractivity contribution >= 4 is 34.8 Å². The lowest BCUT2D eigenvalue weighted by Gasteiger charge is -2.40. The van der Waals surface area contributed by atoms with Crippen LogP contribution in [0.4, 0.5) is 10.1 Å².